The summed E-state index contributed by atoms with van der Waals surface area (Å²) >= 11 is 5.85. The van der Waals surface area contributed by atoms with Gasteiger partial charge >= 0.3 is 0 Å². The number of halogens is 3. The van der Waals surface area contributed by atoms with Gasteiger partial charge in [0.25, 0.3) is 0 Å². The van der Waals surface area contributed by atoms with E-state index >= 15 is 0 Å². The van der Waals surface area contributed by atoms with E-state index in [0.29, 0.717) is 23.9 Å². The molecule has 1 aromatic carbocycles. The van der Waals surface area contributed by atoms with Crippen LogP contribution in [0.4, 0.5) is 8.78 Å². The second-order valence-corrected chi connectivity index (χ2v) is 4.98. The highest BCUT2D eigenvalue weighted by Gasteiger charge is 2.19. The summed E-state index contributed by atoms with van der Waals surface area (Å²) in [5.74, 6) is 0.147. The van der Waals surface area contributed by atoms with Crippen LogP contribution in [0, 0.1) is 17.6 Å². The average molecular weight is 260 g/mol. The molecule has 0 aliphatic carbocycles. The molecule has 0 saturated carbocycles. The van der Waals surface area contributed by atoms with Gasteiger partial charge in [-0.05, 0) is 43.0 Å². The van der Waals surface area contributed by atoms with E-state index in [-0.39, 0.29) is 0 Å². The van der Waals surface area contributed by atoms with Crippen LogP contribution >= 0.6 is 11.6 Å². The number of piperidine rings is 1. The standard InChI is InChI=1S/C13H16ClF2N/c14-7-10-2-1-3-17(8-10)9-11-4-12(15)6-13(16)5-11/h4-6,10H,1-3,7-9H2. The first-order valence-electron chi connectivity index (χ1n) is 5.90. The molecule has 1 aromatic rings. The Kier molecular flexibility index (Phi) is 4.35. The highest BCUT2D eigenvalue weighted by Crippen LogP contribution is 2.20. The number of likely N-dealkylation sites (tertiary alicyclic amines) is 1. The van der Waals surface area contributed by atoms with Crippen LogP contribution in [0.5, 0.6) is 0 Å². The van der Waals surface area contributed by atoms with Crippen LogP contribution in [0.3, 0.4) is 0 Å². The van der Waals surface area contributed by atoms with Gasteiger partial charge < -0.3 is 0 Å². The molecule has 1 heterocycles. The molecule has 0 spiro atoms. The Morgan fingerprint density at radius 1 is 1.24 bits per heavy atom. The minimum atomic E-state index is -0.508. The third-order valence-electron chi connectivity index (χ3n) is 3.15. The average Bonchev–Trinajstić information content (AvgIpc) is 2.28. The molecule has 0 N–H and O–H groups in total. The van der Waals surface area contributed by atoms with E-state index in [1.165, 1.54) is 12.1 Å². The minimum Gasteiger partial charge on any atom is -0.299 e. The fourth-order valence-electron chi connectivity index (χ4n) is 2.38. The molecule has 94 valence electrons. The molecule has 0 aromatic heterocycles. The molecule has 1 unspecified atom stereocenters. The van der Waals surface area contributed by atoms with Crippen molar-refractivity contribution in [2.75, 3.05) is 19.0 Å². The van der Waals surface area contributed by atoms with Crippen LogP contribution in [-0.2, 0) is 6.54 Å². The van der Waals surface area contributed by atoms with E-state index in [4.69, 9.17) is 11.6 Å². The van der Waals surface area contributed by atoms with E-state index in [1.807, 2.05) is 0 Å². The number of hydrogen-bond donors (Lipinski definition) is 0. The molecular weight excluding hydrogens is 244 g/mol. The number of benzene rings is 1. The van der Waals surface area contributed by atoms with Crippen LogP contribution < -0.4 is 0 Å². The van der Waals surface area contributed by atoms with Crippen molar-refractivity contribution in [3.8, 4) is 0 Å². The molecule has 1 nitrogen and oxygen atoms in total. The van der Waals surface area contributed by atoms with Crippen molar-refractivity contribution in [1.29, 1.82) is 0 Å². The van der Waals surface area contributed by atoms with Gasteiger partial charge in [-0.25, -0.2) is 8.78 Å². The summed E-state index contributed by atoms with van der Waals surface area (Å²) in [7, 11) is 0. The minimum absolute atomic E-state index is 0.504. The Balaban J connectivity index is 2.00. The van der Waals surface area contributed by atoms with Gasteiger partial charge in [0.05, 0.1) is 0 Å². The molecule has 1 aliphatic heterocycles. The maximum absolute atomic E-state index is 13.0. The van der Waals surface area contributed by atoms with Crippen molar-refractivity contribution in [3.05, 3.63) is 35.4 Å². The Hall–Kier alpha value is -0.670. The van der Waals surface area contributed by atoms with E-state index in [0.717, 1.165) is 32.0 Å². The van der Waals surface area contributed by atoms with Crippen LogP contribution in [0.25, 0.3) is 0 Å². The Labute approximate surface area is 105 Å². The topological polar surface area (TPSA) is 3.24 Å². The molecule has 1 aliphatic rings. The van der Waals surface area contributed by atoms with E-state index in [2.05, 4.69) is 4.90 Å². The molecule has 0 bridgehead atoms. The van der Waals surface area contributed by atoms with Gasteiger partial charge in [-0.2, -0.15) is 0 Å². The maximum Gasteiger partial charge on any atom is 0.126 e. The number of hydrogen-bond acceptors (Lipinski definition) is 1. The summed E-state index contributed by atoms with van der Waals surface area (Å²) in [6.07, 6.45) is 2.26. The van der Waals surface area contributed by atoms with Crippen molar-refractivity contribution in [1.82, 2.24) is 4.90 Å². The Bertz CT molecular complexity index is 363. The zero-order chi connectivity index (χ0) is 12.3. The molecule has 1 fully saturated rings. The first-order chi connectivity index (χ1) is 8.17. The summed E-state index contributed by atoms with van der Waals surface area (Å²) < 4.78 is 26.1. The number of alkyl halides is 1. The molecule has 1 saturated heterocycles. The van der Waals surface area contributed by atoms with Crippen LogP contribution in [-0.4, -0.2) is 23.9 Å². The summed E-state index contributed by atoms with van der Waals surface area (Å²) in [5, 5.41) is 0. The molecule has 17 heavy (non-hydrogen) atoms. The van der Waals surface area contributed by atoms with Crippen molar-refractivity contribution in [2.45, 2.75) is 19.4 Å². The fourth-order valence-corrected chi connectivity index (χ4v) is 2.63. The molecule has 1 atom stereocenters. The lowest BCUT2D eigenvalue weighted by Gasteiger charge is -2.31. The lowest BCUT2D eigenvalue weighted by molar-refractivity contribution is 0.178. The molecule has 0 radical (unpaired) electrons. The monoisotopic (exact) mass is 259 g/mol. The Morgan fingerprint density at radius 3 is 2.59 bits per heavy atom. The first kappa shape index (κ1) is 12.8. The largest absolute Gasteiger partial charge is 0.299 e. The van der Waals surface area contributed by atoms with Crippen molar-refractivity contribution in [2.24, 2.45) is 5.92 Å². The highest BCUT2D eigenvalue weighted by molar-refractivity contribution is 6.18. The number of nitrogens with zero attached hydrogens (tertiary/aromatic N) is 1. The summed E-state index contributed by atoms with van der Waals surface area (Å²) in [6, 6.07) is 3.70. The molecule has 2 rings (SSSR count). The van der Waals surface area contributed by atoms with Crippen molar-refractivity contribution in [3.63, 3.8) is 0 Å². The van der Waals surface area contributed by atoms with Crippen LogP contribution in [0.2, 0.25) is 0 Å². The quantitative estimate of drug-likeness (QED) is 0.752. The van der Waals surface area contributed by atoms with Gasteiger partial charge in [-0.1, -0.05) is 0 Å². The summed E-state index contributed by atoms with van der Waals surface area (Å²) in [6.45, 7) is 2.50. The normalized spacial score (nSPS) is 21.7. The van der Waals surface area contributed by atoms with E-state index in [1.54, 1.807) is 0 Å². The molecule has 4 heteroatoms. The van der Waals surface area contributed by atoms with Crippen LogP contribution in [0.1, 0.15) is 18.4 Å². The van der Waals surface area contributed by atoms with Crippen molar-refractivity contribution < 1.29 is 8.78 Å². The van der Waals surface area contributed by atoms with Crippen molar-refractivity contribution >= 4 is 11.6 Å². The third-order valence-corrected chi connectivity index (χ3v) is 3.59. The third kappa shape index (κ3) is 3.65. The first-order valence-corrected chi connectivity index (χ1v) is 6.44. The van der Waals surface area contributed by atoms with Crippen LogP contribution in [0.15, 0.2) is 18.2 Å². The van der Waals surface area contributed by atoms with Gasteiger partial charge in [-0.3, -0.25) is 4.90 Å². The smallest absolute Gasteiger partial charge is 0.126 e. The lowest BCUT2D eigenvalue weighted by Crippen LogP contribution is -2.35. The van der Waals surface area contributed by atoms with Gasteiger partial charge in [0.1, 0.15) is 11.6 Å². The second-order valence-electron chi connectivity index (χ2n) is 4.68. The summed E-state index contributed by atoms with van der Waals surface area (Å²) in [4.78, 5) is 2.21. The molecule has 0 amide bonds. The van der Waals surface area contributed by atoms with Gasteiger partial charge in [0.15, 0.2) is 0 Å². The van der Waals surface area contributed by atoms with E-state index in [9.17, 15) is 8.78 Å². The SMILES string of the molecule is Fc1cc(F)cc(CN2CCCC(CCl)C2)c1. The number of rotatable bonds is 3. The van der Waals surface area contributed by atoms with Gasteiger partial charge in [-0.15, -0.1) is 11.6 Å². The summed E-state index contributed by atoms with van der Waals surface area (Å²) in [5.41, 5.74) is 0.692. The van der Waals surface area contributed by atoms with E-state index < -0.39 is 11.6 Å². The zero-order valence-corrected chi connectivity index (χ0v) is 10.4. The predicted octanol–water partition coefficient (Wildman–Crippen LogP) is 3.42. The van der Waals surface area contributed by atoms with Gasteiger partial charge in [0.2, 0.25) is 0 Å². The Morgan fingerprint density at radius 2 is 1.94 bits per heavy atom. The highest BCUT2D eigenvalue weighted by atomic mass is 35.5. The lowest BCUT2D eigenvalue weighted by atomic mass is 9.99. The molecular formula is C13H16ClF2N. The predicted molar refractivity (Wildman–Crippen MR) is 65.1 cm³/mol. The second kappa shape index (κ2) is 5.78. The van der Waals surface area contributed by atoms with Gasteiger partial charge in [0, 0.05) is 25.0 Å². The zero-order valence-electron chi connectivity index (χ0n) is 9.63. The maximum atomic E-state index is 13.0. The fraction of sp³-hybridized carbons (Fsp3) is 0.538.